The molecule has 0 aliphatic carbocycles. The number of hydrogen-bond donors (Lipinski definition) is 0. The Hall–Kier alpha value is -0.570. The van der Waals surface area contributed by atoms with E-state index in [0.717, 1.165) is 83.8 Å². The highest BCUT2D eigenvalue weighted by molar-refractivity contribution is 4.90. The molecule has 1 aliphatic rings. The summed E-state index contributed by atoms with van der Waals surface area (Å²) in [4.78, 5) is 0. The molecular formula is C21H35F7O2. The fourth-order valence-electron chi connectivity index (χ4n) is 3.48. The van der Waals surface area contributed by atoms with Crippen molar-refractivity contribution in [3.63, 3.8) is 0 Å². The molecule has 0 N–H and O–H groups in total. The second-order valence-corrected chi connectivity index (χ2v) is 8.08. The van der Waals surface area contributed by atoms with E-state index in [4.69, 9.17) is 9.47 Å². The number of alkyl halides is 7. The number of hydrogen-bond acceptors (Lipinski definition) is 2. The summed E-state index contributed by atoms with van der Waals surface area (Å²) >= 11 is 0. The van der Waals surface area contributed by atoms with Gasteiger partial charge in [0.25, 0.3) is 0 Å². The van der Waals surface area contributed by atoms with Crippen LogP contribution in [-0.2, 0) is 9.47 Å². The van der Waals surface area contributed by atoms with Crippen LogP contribution in [0.2, 0.25) is 0 Å². The van der Waals surface area contributed by atoms with E-state index in [9.17, 15) is 30.7 Å². The van der Waals surface area contributed by atoms with Crippen LogP contribution in [0.3, 0.4) is 0 Å². The Morgan fingerprint density at radius 1 is 0.667 bits per heavy atom. The molecule has 0 saturated carbocycles. The third-order valence-corrected chi connectivity index (χ3v) is 5.39. The molecule has 30 heavy (non-hydrogen) atoms. The fraction of sp³-hybridized carbons (Fsp3) is 1.00. The third-order valence-electron chi connectivity index (χ3n) is 5.39. The van der Waals surface area contributed by atoms with Gasteiger partial charge in [0.2, 0.25) is 0 Å². The average molecular weight is 452 g/mol. The van der Waals surface area contributed by atoms with Gasteiger partial charge in [0, 0.05) is 26.1 Å². The van der Waals surface area contributed by atoms with Crippen molar-refractivity contribution in [2.45, 2.75) is 121 Å². The minimum atomic E-state index is -6.23. The lowest BCUT2D eigenvalue weighted by atomic mass is 10.0. The van der Waals surface area contributed by atoms with Crippen molar-refractivity contribution in [1.29, 1.82) is 0 Å². The number of unbranched alkanes of at least 4 members (excludes halogenated alkanes) is 11. The van der Waals surface area contributed by atoms with Gasteiger partial charge in [-0.25, -0.2) is 0 Å². The van der Waals surface area contributed by atoms with Crippen molar-refractivity contribution in [3.8, 4) is 0 Å². The molecule has 0 spiro atoms. The van der Waals surface area contributed by atoms with Gasteiger partial charge in [-0.3, -0.25) is 0 Å². The van der Waals surface area contributed by atoms with E-state index < -0.39 is 24.4 Å². The normalized spacial score (nSPS) is 18.3. The molecule has 1 saturated heterocycles. The quantitative estimate of drug-likeness (QED) is 0.164. The smallest absolute Gasteiger partial charge is 0.353 e. The van der Waals surface area contributed by atoms with Crippen molar-refractivity contribution in [2.75, 3.05) is 13.2 Å². The lowest BCUT2D eigenvalue weighted by Crippen LogP contribution is -2.51. The zero-order chi connectivity index (χ0) is 22.5. The molecule has 1 rings (SSSR count). The van der Waals surface area contributed by atoms with E-state index in [2.05, 4.69) is 0 Å². The lowest BCUT2D eigenvalue weighted by Gasteiger charge is -2.28. The first kappa shape index (κ1) is 27.5. The Morgan fingerprint density at radius 2 is 1.13 bits per heavy atom. The van der Waals surface area contributed by atoms with E-state index in [0.29, 0.717) is 6.42 Å². The number of halogens is 7. The summed E-state index contributed by atoms with van der Waals surface area (Å²) in [5.41, 5.74) is 0. The predicted molar refractivity (Wildman–Crippen MR) is 101 cm³/mol. The van der Waals surface area contributed by atoms with Crippen LogP contribution in [0, 0.1) is 0 Å². The van der Waals surface area contributed by atoms with Gasteiger partial charge in [0.15, 0.2) is 6.29 Å². The number of rotatable bonds is 17. The van der Waals surface area contributed by atoms with Crippen molar-refractivity contribution in [2.24, 2.45) is 0 Å². The molecule has 0 radical (unpaired) electrons. The summed E-state index contributed by atoms with van der Waals surface area (Å²) in [6.45, 7) is 1.53. The van der Waals surface area contributed by atoms with Crippen LogP contribution in [-0.4, -0.2) is 37.5 Å². The molecule has 1 fully saturated rings. The highest BCUT2D eigenvalue weighted by atomic mass is 19.4. The maximum absolute atomic E-state index is 13.1. The lowest BCUT2D eigenvalue weighted by molar-refractivity contribution is -0.355. The molecule has 180 valence electrons. The van der Waals surface area contributed by atoms with Crippen LogP contribution in [0.15, 0.2) is 0 Å². The highest BCUT2D eigenvalue weighted by Crippen LogP contribution is 2.48. The average Bonchev–Trinajstić information content (AvgIpc) is 3.17. The summed E-state index contributed by atoms with van der Waals surface area (Å²) in [5.74, 6) is -11.0. The molecule has 0 bridgehead atoms. The second-order valence-electron chi connectivity index (χ2n) is 8.08. The van der Waals surface area contributed by atoms with Gasteiger partial charge in [0.1, 0.15) is 0 Å². The minimum Gasteiger partial charge on any atom is -0.353 e. The molecule has 1 aliphatic heterocycles. The molecule has 0 aromatic carbocycles. The first-order chi connectivity index (χ1) is 14.1. The minimum absolute atomic E-state index is 0.0117. The van der Waals surface area contributed by atoms with Crippen molar-refractivity contribution in [1.82, 2.24) is 0 Å². The maximum Gasteiger partial charge on any atom is 0.459 e. The maximum atomic E-state index is 13.1. The predicted octanol–water partition coefficient (Wildman–Crippen LogP) is 8.04. The summed E-state index contributed by atoms with van der Waals surface area (Å²) in [6, 6.07) is 0. The van der Waals surface area contributed by atoms with Crippen molar-refractivity contribution < 1.29 is 40.2 Å². The largest absolute Gasteiger partial charge is 0.459 e. The summed E-state index contributed by atoms with van der Waals surface area (Å²) < 4.78 is 98.8. The summed E-state index contributed by atoms with van der Waals surface area (Å²) in [7, 11) is 0. The molecule has 1 atom stereocenters. The van der Waals surface area contributed by atoms with Crippen LogP contribution < -0.4 is 0 Å². The molecule has 2 nitrogen and oxygen atoms in total. The molecule has 0 aromatic heterocycles. The first-order valence-electron chi connectivity index (χ1n) is 11.1. The molecule has 9 heteroatoms. The third kappa shape index (κ3) is 10.2. The summed E-state index contributed by atoms with van der Waals surface area (Å²) in [5, 5.41) is 0. The Bertz CT molecular complexity index is 436. The van der Waals surface area contributed by atoms with E-state index in [1.807, 2.05) is 0 Å². The molecular weight excluding hydrogens is 417 g/mol. The van der Waals surface area contributed by atoms with Crippen molar-refractivity contribution in [3.05, 3.63) is 0 Å². The molecule has 0 aromatic rings. The van der Waals surface area contributed by atoms with Gasteiger partial charge in [-0.2, -0.15) is 30.7 Å². The van der Waals surface area contributed by atoms with Crippen LogP contribution in [0.5, 0.6) is 0 Å². The molecule has 1 heterocycles. The van der Waals surface area contributed by atoms with E-state index in [1.54, 1.807) is 0 Å². The highest BCUT2D eigenvalue weighted by Gasteiger charge is 2.72. The SMILES string of the molecule is FC(F)(F)C(F)(F)C(F)(F)CCCCCCCCCCCCCCOC1CCCO1. The first-order valence-corrected chi connectivity index (χ1v) is 11.1. The fourth-order valence-corrected chi connectivity index (χ4v) is 3.48. The van der Waals surface area contributed by atoms with Gasteiger partial charge in [-0.1, -0.05) is 64.2 Å². The topological polar surface area (TPSA) is 18.5 Å². The Balaban J connectivity index is 1.86. The Labute approximate surface area is 174 Å². The molecule has 0 amide bonds. The van der Waals surface area contributed by atoms with Crippen LogP contribution in [0.1, 0.15) is 96.3 Å². The van der Waals surface area contributed by atoms with Gasteiger partial charge < -0.3 is 9.47 Å². The van der Waals surface area contributed by atoms with Gasteiger partial charge in [0.05, 0.1) is 0 Å². The number of ether oxygens (including phenoxy) is 2. The Kier molecular flexibility index (Phi) is 12.6. The second kappa shape index (κ2) is 13.8. The standard InChI is InChI=1S/C21H35F7O2/c22-19(23,20(24,25)21(26,27)28)15-11-9-7-5-3-1-2-4-6-8-10-12-16-29-18-14-13-17-30-18/h18H,1-17H2. The van der Waals surface area contributed by atoms with Gasteiger partial charge in [-0.05, 0) is 19.3 Å². The van der Waals surface area contributed by atoms with Crippen LogP contribution in [0.4, 0.5) is 30.7 Å². The van der Waals surface area contributed by atoms with Crippen LogP contribution in [0.25, 0.3) is 0 Å². The monoisotopic (exact) mass is 452 g/mol. The summed E-state index contributed by atoms with van der Waals surface area (Å²) in [6.07, 6.45) is 4.25. The zero-order valence-corrected chi connectivity index (χ0v) is 17.6. The van der Waals surface area contributed by atoms with E-state index >= 15 is 0 Å². The van der Waals surface area contributed by atoms with Gasteiger partial charge in [-0.15, -0.1) is 0 Å². The zero-order valence-electron chi connectivity index (χ0n) is 17.6. The van der Waals surface area contributed by atoms with E-state index in [1.165, 1.54) is 0 Å². The Morgan fingerprint density at radius 3 is 1.57 bits per heavy atom. The van der Waals surface area contributed by atoms with Crippen LogP contribution >= 0.6 is 0 Å². The van der Waals surface area contributed by atoms with E-state index in [-0.39, 0.29) is 19.1 Å². The van der Waals surface area contributed by atoms with Gasteiger partial charge >= 0.3 is 18.0 Å². The molecule has 1 unspecified atom stereocenters. The van der Waals surface area contributed by atoms with Crippen molar-refractivity contribution >= 4 is 0 Å².